The van der Waals surface area contributed by atoms with Crippen molar-refractivity contribution in [2.75, 3.05) is 25.0 Å². The van der Waals surface area contributed by atoms with Crippen LogP contribution in [0.2, 0.25) is 0 Å². The van der Waals surface area contributed by atoms with Crippen LogP contribution < -0.4 is 4.90 Å². The van der Waals surface area contributed by atoms with E-state index in [1.165, 1.54) is 19.2 Å². The highest BCUT2D eigenvalue weighted by Gasteiger charge is 2.36. The molecule has 1 aliphatic rings. The molecule has 2 N–H and O–H groups in total. The Kier molecular flexibility index (Phi) is 9.41. The fourth-order valence-corrected chi connectivity index (χ4v) is 5.81. The van der Waals surface area contributed by atoms with Crippen molar-refractivity contribution in [3.05, 3.63) is 70.6 Å². The molecule has 0 radical (unpaired) electrons. The normalized spacial score (nSPS) is 16.6. The highest BCUT2D eigenvalue weighted by molar-refractivity contribution is 7.96. The first-order valence-electron chi connectivity index (χ1n) is 12.4. The van der Waals surface area contributed by atoms with E-state index in [2.05, 4.69) is 23.8 Å². The number of hydrogen-bond acceptors (Lipinski definition) is 6. The lowest BCUT2D eigenvalue weighted by Crippen LogP contribution is -2.25. The summed E-state index contributed by atoms with van der Waals surface area (Å²) in [5.41, 5.74) is 2.08. The molecule has 0 bridgehead atoms. The molecular weight excluding hydrogens is 488 g/mol. The number of carbonyl (C=O) groups is 1. The van der Waals surface area contributed by atoms with E-state index in [0.717, 1.165) is 55.8 Å². The summed E-state index contributed by atoms with van der Waals surface area (Å²) in [5, 5.41) is 21.9. The summed E-state index contributed by atoms with van der Waals surface area (Å²) in [6, 6.07) is 14.3. The summed E-state index contributed by atoms with van der Waals surface area (Å²) in [6.07, 6.45) is 8.11. The van der Waals surface area contributed by atoms with Crippen LogP contribution in [0.5, 0.6) is 0 Å². The molecule has 0 fully saturated rings. The molecule has 8 nitrogen and oxygen atoms in total. The van der Waals surface area contributed by atoms with Gasteiger partial charge >= 0.3 is 5.97 Å². The number of allylic oxidation sites excluding steroid dienone is 1. The zero-order valence-corrected chi connectivity index (χ0v) is 22.3. The van der Waals surface area contributed by atoms with Crippen LogP contribution in [-0.2, 0) is 14.6 Å². The summed E-state index contributed by atoms with van der Waals surface area (Å²) in [4.78, 5) is 14.4. The number of benzene rings is 2. The fraction of sp³-hybridized carbons (Fsp3) is 0.321. The Labute approximate surface area is 219 Å². The molecule has 3 rings (SSSR count). The third-order valence-electron chi connectivity index (χ3n) is 6.09. The van der Waals surface area contributed by atoms with E-state index in [4.69, 9.17) is 5.41 Å². The first-order chi connectivity index (χ1) is 17.7. The van der Waals surface area contributed by atoms with E-state index in [1.54, 1.807) is 24.3 Å². The first kappa shape index (κ1) is 27.9. The smallest absolute Gasteiger partial charge is 0.356 e. The minimum Gasteiger partial charge on any atom is -0.476 e. The van der Waals surface area contributed by atoms with Crippen molar-refractivity contribution in [3.8, 4) is 0 Å². The van der Waals surface area contributed by atoms with Crippen LogP contribution in [-0.4, -0.2) is 56.7 Å². The van der Waals surface area contributed by atoms with Gasteiger partial charge in [0.25, 0.3) is 0 Å². The molecule has 1 aliphatic heterocycles. The van der Waals surface area contributed by atoms with Crippen molar-refractivity contribution in [1.29, 1.82) is 5.41 Å². The summed E-state index contributed by atoms with van der Waals surface area (Å²) in [6.45, 7) is 6.27. The van der Waals surface area contributed by atoms with Crippen LogP contribution in [0.4, 0.5) is 5.69 Å². The Bertz CT molecular complexity index is 1320. The third kappa shape index (κ3) is 6.54. The Hall–Kier alpha value is -3.72. The molecule has 0 saturated carbocycles. The van der Waals surface area contributed by atoms with E-state index in [9.17, 15) is 18.3 Å². The van der Waals surface area contributed by atoms with Gasteiger partial charge in [-0.25, -0.2) is 13.2 Å². The van der Waals surface area contributed by atoms with Gasteiger partial charge < -0.3 is 10.0 Å². The molecule has 0 saturated heterocycles. The second-order valence-corrected chi connectivity index (χ2v) is 10.7. The summed E-state index contributed by atoms with van der Waals surface area (Å²) in [7, 11) is -2.45. The first-order valence-corrected chi connectivity index (χ1v) is 13.9. The van der Waals surface area contributed by atoms with Gasteiger partial charge in [0.05, 0.1) is 9.80 Å². The van der Waals surface area contributed by atoms with Gasteiger partial charge in [0, 0.05) is 37.0 Å². The maximum absolute atomic E-state index is 13.5. The van der Waals surface area contributed by atoms with E-state index < -0.39 is 15.8 Å². The van der Waals surface area contributed by atoms with Crippen molar-refractivity contribution in [1.82, 2.24) is 5.01 Å². The highest BCUT2D eigenvalue weighted by atomic mass is 32.2. The van der Waals surface area contributed by atoms with Gasteiger partial charge in [0.1, 0.15) is 6.34 Å². The molecular formula is C28H34N4O4S. The van der Waals surface area contributed by atoms with Crippen LogP contribution in [0.3, 0.4) is 0 Å². The molecule has 2 aromatic rings. The number of carboxylic acid groups (broad SMARTS) is 1. The lowest BCUT2D eigenvalue weighted by molar-refractivity contribution is -0.129. The lowest BCUT2D eigenvalue weighted by Gasteiger charge is -2.24. The van der Waals surface area contributed by atoms with Gasteiger partial charge in [0.15, 0.2) is 5.71 Å². The van der Waals surface area contributed by atoms with Crippen LogP contribution in [0.25, 0.3) is 11.6 Å². The molecule has 37 heavy (non-hydrogen) atoms. The largest absolute Gasteiger partial charge is 0.476 e. The Morgan fingerprint density at radius 2 is 1.65 bits per heavy atom. The molecule has 0 spiro atoms. The molecule has 0 aliphatic carbocycles. The fourth-order valence-electron chi connectivity index (χ4n) is 4.09. The standard InChI is InChI=1S/C28H34N4O4S/c1-4-6-16-32(17-7-5-2)22-14-12-21(13-15-22)18-27-24(19-25(28(33)34)30-31(3)20-29)23-10-8-9-11-26(23)37(27,35)36/h8-15,18-20,29H,4-7,16-17H2,1-3H3,(H,33,34)/b24-19+,27-18?,29-20?,30-25+. The van der Waals surface area contributed by atoms with E-state index in [0.29, 0.717) is 11.1 Å². The minimum atomic E-state index is -3.87. The number of unbranched alkanes of at least 4 members (excludes halogenated alkanes) is 2. The predicted octanol–water partition coefficient (Wildman–Crippen LogP) is 5.28. The van der Waals surface area contributed by atoms with Gasteiger partial charge in [-0.15, -0.1) is 0 Å². The molecule has 1 heterocycles. The molecule has 0 amide bonds. The van der Waals surface area contributed by atoms with Crippen LogP contribution >= 0.6 is 0 Å². The third-order valence-corrected chi connectivity index (χ3v) is 7.95. The monoisotopic (exact) mass is 522 g/mol. The van der Waals surface area contributed by atoms with E-state index in [-0.39, 0.29) is 21.1 Å². The zero-order chi connectivity index (χ0) is 27.0. The minimum absolute atomic E-state index is 0.0155. The van der Waals surface area contributed by atoms with Crippen LogP contribution in [0.15, 0.2) is 69.5 Å². The molecule has 196 valence electrons. The summed E-state index contributed by atoms with van der Waals surface area (Å²) < 4.78 is 27.0. The Balaban J connectivity index is 2.09. The van der Waals surface area contributed by atoms with Crippen LogP contribution in [0.1, 0.15) is 50.7 Å². The van der Waals surface area contributed by atoms with E-state index >= 15 is 0 Å². The number of hydrazone groups is 1. The van der Waals surface area contributed by atoms with Crippen LogP contribution in [0, 0.1) is 5.41 Å². The number of fused-ring (bicyclic) bond motifs is 1. The Morgan fingerprint density at radius 1 is 1.03 bits per heavy atom. The quantitative estimate of drug-likeness (QED) is 0.223. The second-order valence-electron chi connectivity index (χ2n) is 8.85. The number of nitrogens with zero attached hydrogens (tertiary/aromatic N) is 3. The van der Waals surface area contributed by atoms with Gasteiger partial charge in [-0.1, -0.05) is 57.0 Å². The number of nitrogens with one attached hydrogen (secondary N) is 1. The Morgan fingerprint density at radius 3 is 2.22 bits per heavy atom. The van der Waals surface area contributed by atoms with Gasteiger partial charge in [-0.2, -0.15) is 5.10 Å². The summed E-state index contributed by atoms with van der Waals surface area (Å²) >= 11 is 0. The average molecular weight is 523 g/mol. The second kappa shape index (κ2) is 12.5. The number of hydrogen-bond donors (Lipinski definition) is 2. The predicted molar refractivity (Wildman–Crippen MR) is 150 cm³/mol. The number of carboxylic acids is 1. The van der Waals surface area contributed by atoms with Gasteiger partial charge in [-0.3, -0.25) is 10.4 Å². The number of rotatable bonds is 12. The zero-order valence-electron chi connectivity index (χ0n) is 21.5. The maximum Gasteiger partial charge on any atom is 0.356 e. The maximum atomic E-state index is 13.5. The van der Waals surface area contributed by atoms with Crippen molar-refractivity contribution in [2.45, 2.75) is 44.4 Å². The van der Waals surface area contributed by atoms with E-state index in [1.807, 2.05) is 24.3 Å². The van der Waals surface area contributed by atoms with Crippen molar-refractivity contribution >= 4 is 45.2 Å². The average Bonchev–Trinajstić information content (AvgIpc) is 3.10. The molecule has 0 aromatic heterocycles. The number of anilines is 1. The number of sulfone groups is 1. The van der Waals surface area contributed by atoms with Crippen molar-refractivity contribution in [2.24, 2.45) is 5.10 Å². The highest BCUT2D eigenvalue weighted by Crippen LogP contribution is 2.43. The molecule has 0 unspecified atom stereocenters. The molecule has 2 aromatic carbocycles. The number of aliphatic carboxylic acids is 1. The van der Waals surface area contributed by atoms with Gasteiger partial charge in [-0.05, 0) is 48.8 Å². The van der Waals surface area contributed by atoms with Gasteiger partial charge in [0.2, 0.25) is 9.84 Å². The molecule has 9 heteroatoms. The topological polar surface area (TPSA) is 114 Å². The molecule has 0 atom stereocenters. The SMILES string of the molecule is CCCCN(CCCC)c1ccc(C=C2/C(=C/C(=N\N(C)C=N)C(=O)O)c3ccccc3S2(=O)=O)cc1. The van der Waals surface area contributed by atoms with Crippen molar-refractivity contribution in [3.63, 3.8) is 0 Å². The summed E-state index contributed by atoms with van der Waals surface area (Å²) in [5.74, 6) is -1.33. The van der Waals surface area contributed by atoms with Crippen molar-refractivity contribution < 1.29 is 18.3 Å². The lowest BCUT2D eigenvalue weighted by atomic mass is 10.0.